The second-order valence-corrected chi connectivity index (χ2v) is 6.28. The Morgan fingerprint density at radius 2 is 2.07 bits per heavy atom. The largest absolute Gasteiger partial charge is 0.300 e. The second kappa shape index (κ2) is 3.96. The van der Waals surface area contributed by atoms with Crippen LogP contribution in [0.2, 0.25) is 0 Å². The summed E-state index contributed by atoms with van der Waals surface area (Å²) in [6, 6.07) is 0.206. The standard InChI is InChI=1S/C8H15ClN2O2S/c9-2-6-14(12,13)11-5-4-10-3-1-8(11)7-10/h8H,1-7H2. The number of sulfonamides is 1. The quantitative estimate of drug-likeness (QED) is 0.648. The summed E-state index contributed by atoms with van der Waals surface area (Å²) in [5, 5.41) is 0. The molecule has 2 aliphatic rings. The molecule has 14 heavy (non-hydrogen) atoms. The molecule has 82 valence electrons. The third kappa shape index (κ3) is 1.91. The van der Waals surface area contributed by atoms with Crippen LogP contribution in [0.1, 0.15) is 6.42 Å². The molecule has 2 aliphatic heterocycles. The lowest BCUT2D eigenvalue weighted by molar-refractivity contribution is 0.213. The molecule has 2 bridgehead atoms. The van der Waals surface area contributed by atoms with Crippen molar-refractivity contribution in [2.75, 3.05) is 37.8 Å². The number of nitrogens with zero attached hydrogens (tertiary/aromatic N) is 2. The van der Waals surface area contributed by atoms with Gasteiger partial charge in [0.1, 0.15) is 0 Å². The third-order valence-electron chi connectivity index (χ3n) is 2.98. The minimum atomic E-state index is -3.09. The fourth-order valence-corrected chi connectivity index (χ4v) is 4.25. The highest BCUT2D eigenvalue weighted by molar-refractivity contribution is 7.89. The smallest absolute Gasteiger partial charge is 0.215 e. The average Bonchev–Trinajstić information content (AvgIpc) is 2.47. The molecule has 2 fully saturated rings. The maximum atomic E-state index is 11.8. The highest BCUT2D eigenvalue weighted by atomic mass is 35.5. The van der Waals surface area contributed by atoms with Crippen LogP contribution >= 0.6 is 11.6 Å². The summed E-state index contributed by atoms with van der Waals surface area (Å²) in [7, 11) is -3.09. The Hall–Kier alpha value is 0.160. The maximum absolute atomic E-state index is 11.8. The molecule has 2 atom stereocenters. The van der Waals surface area contributed by atoms with Gasteiger partial charge in [0.15, 0.2) is 0 Å². The number of hydrogen-bond donors (Lipinski definition) is 0. The Morgan fingerprint density at radius 3 is 2.79 bits per heavy atom. The van der Waals surface area contributed by atoms with Gasteiger partial charge in [0.25, 0.3) is 0 Å². The van der Waals surface area contributed by atoms with Crippen LogP contribution in [0.5, 0.6) is 0 Å². The lowest BCUT2D eigenvalue weighted by Gasteiger charge is -2.33. The monoisotopic (exact) mass is 238 g/mol. The predicted molar refractivity (Wildman–Crippen MR) is 56.1 cm³/mol. The van der Waals surface area contributed by atoms with Crippen LogP contribution in [0.4, 0.5) is 0 Å². The van der Waals surface area contributed by atoms with Crippen LogP contribution in [0.3, 0.4) is 0 Å². The molecule has 6 heteroatoms. The van der Waals surface area contributed by atoms with Gasteiger partial charge in [-0.15, -0.1) is 11.6 Å². The summed E-state index contributed by atoms with van der Waals surface area (Å²) in [5.74, 6) is 0.264. The molecular formula is C8H15ClN2O2S. The van der Waals surface area contributed by atoms with Crippen molar-refractivity contribution in [1.29, 1.82) is 0 Å². The van der Waals surface area contributed by atoms with Gasteiger partial charge in [0, 0.05) is 31.6 Å². The van der Waals surface area contributed by atoms with Crippen LogP contribution < -0.4 is 0 Å². The van der Waals surface area contributed by atoms with Crippen molar-refractivity contribution in [2.45, 2.75) is 12.5 Å². The van der Waals surface area contributed by atoms with E-state index in [0.717, 1.165) is 26.1 Å². The van der Waals surface area contributed by atoms with Gasteiger partial charge in [0.05, 0.1) is 5.75 Å². The maximum Gasteiger partial charge on any atom is 0.215 e. The first-order chi connectivity index (χ1) is 6.63. The van der Waals surface area contributed by atoms with E-state index in [1.54, 1.807) is 4.31 Å². The fourth-order valence-electron chi connectivity index (χ4n) is 2.25. The molecule has 0 aromatic carbocycles. The van der Waals surface area contributed by atoms with Crippen LogP contribution in [-0.4, -0.2) is 61.5 Å². The van der Waals surface area contributed by atoms with E-state index >= 15 is 0 Å². The Bertz CT molecular complexity index is 306. The van der Waals surface area contributed by atoms with Crippen LogP contribution in [-0.2, 0) is 10.0 Å². The Kier molecular flexibility index (Phi) is 3.02. The lowest BCUT2D eigenvalue weighted by atomic mass is 10.2. The molecular weight excluding hydrogens is 224 g/mol. The number of alkyl halides is 1. The summed E-state index contributed by atoms with van der Waals surface area (Å²) in [6.07, 6.45) is 0.974. The zero-order valence-electron chi connectivity index (χ0n) is 8.02. The Morgan fingerprint density at radius 1 is 1.29 bits per heavy atom. The summed E-state index contributed by atoms with van der Waals surface area (Å²) in [5.41, 5.74) is 0. The van der Waals surface area contributed by atoms with Crippen LogP contribution in [0, 0.1) is 0 Å². The normalized spacial score (nSPS) is 33.5. The lowest BCUT2D eigenvalue weighted by Crippen LogP contribution is -2.50. The minimum absolute atomic E-state index is 0.0745. The summed E-state index contributed by atoms with van der Waals surface area (Å²) in [6.45, 7) is 3.46. The first-order valence-electron chi connectivity index (χ1n) is 4.91. The zero-order chi connectivity index (χ0) is 10.2. The second-order valence-electron chi connectivity index (χ2n) is 3.86. The van der Waals surface area contributed by atoms with Gasteiger partial charge >= 0.3 is 0 Å². The van der Waals surface area contributed by atoms with E-state index in [4.69, 9.17) is 11.6 Å². The molecule has 0 radical (unpaired) electrons. The highest BCUT2D eigenvalue weighted by Crippen LogP contribution is 2.23. The average molecular weight is 239 g/mol. The van der Waals surface area contributed by atoms with Gasteiger partial charge in [-0.3, -0.25) is 0 Å². The molecule has 2 heterocycles. The number of rotatable bonds is 3. The van der Waals surface area contributed by atoms with Crippen molar-refractivity contribution >= 4 is 21.6 Å². The number of fused-ring (bicyclic) bond motifs is 2. The first kappa shape index (κ1) is 10.7. The van der Waals surface area contributed by atoms with Gasteiger partial charge in [0.2, 0.25) is 10.0 Å². The fraction of sp³-hybridized carbons (Fsp3) is 1.00. The molecule has 0 aromatic rings. The molecule has 2 rings (SSSR count). The van der Waals surface area contributed by atoms with Gasteiger partial charge < -0.3 is 4.90 Å². The van der Waals surface area contributed by atoms with E-state index < -0.39 is 10.0 Å². The first-order valence-corrected chi connectivity index (χ1v) is 7.06. The molecule has 0 amide bonds. The van der Waals surface area contributed by atoms with Gasteiger partial charge in [-0.05, 0) is 13.0 Å². The minimum Gasteiger partial charge on any atom is -0.300 e. The Labute approximate surface area is 89.9 Å². The van der Waals surface area contributed by atoms with Crippen molar-refractivity contribution in [1.82, 2.24) is 9.21 Å². The van der Waals surface area contributed by atoms with Crippen molar-refractivity contribution in [2.24, 2.45) is 0 Å². The summed E-state index contributed by atoms with van der Waals surface area (Å²) >= 11 is 5.49. The molecule has 0 N–H and O–H groups in total. The van der Waals surface area contributed by atoms with E-state index in [0.29, 0.717) is 6.54 Å². The van der Waals surface area contributed by atoms with Gasteiger partial charge in [-0.1, -0.05) is 0 Å². The van der Waals surface area contributed by atoms with Gasteiger partial charge in [-0.2, -0.15) is 4.31 Å². The summed E-state index contributed by atoms with van der Waals surface area (Å²) in [4.78, 5) is 2.32. The van der Waals surface area contributed by atoms with Crippen molar-refractivity contribution in [3.05, 3.63) is 0 Å². The predicted octanol–water partition coefficient (Wildman–Crippen LogP) is -0.0551. The highest BCUT2D eigenvalue weighted by Gasteiger charge is 2.38. The van der Waals surface area contributed by atoms with Crippen LogP contribution in [0.15, 0.2) is 0 Å². The van der Waals surface area contributed by atoms with E-state index in [9.17, 15) is 8.42 Å². The number of hydrogen-bond acceptors (Lipinski definition) is 3. The van der Waals surface area contributed by atoms with Gasteiger partial charge in [-0.25, -0.2) is 8.42 Å². The van der Waals surface area contributed by atoms with Crippen molar-refractivity contribution in [3.8, 4) is 0 Å². The third-order valence-corrected chi connectivity index (χ3v) is 5.31. The Balaban J connectivity index is 2.10. The number of piperazine rings is 1. The van der Waals surface area contributed by atoms with E-state index in [1.165, 1.54) is 0 Å². The molecule has 0 spiro atoms. The van der Waals surface area contributed by atoms with E-state index in [1.807, 2.05) is 0 Å². The van der Waals surface area contributed by atoms with E-state index in [-0.39, 0.29) is 17.7 Å². The van der Waals surface area contributed by atoms with Crippen molar-refractivity contribution < 1.29 is 8.42 Å². The number of halogens is 1. The molecule has 2 unspecified atom stereocenters. The molecule has 0 aliphatic carbocycles. The van der Waals surface area contributed by atoms with Crippen LogP contribution in [0.25, 0.3) is 0 Å². The topological polar surface area (TPSA) is 40.6 Å². The SMILES string of the molecule is O=S(=O)(CCCl)N1CCN2CCC1C2. The molecule has 2 saturated heterocycles. The molecule has 0 saturated carbocycles. The van der Waals surface area contributed by atoms with E-state index in [2.05, 4.69) is 4.90 Å². The van der Waals surface area contributed by atoms with Crippen molar-refractivity contribution in [3.63, 3.8) is 0 Å². The molecule has 0 aromatic heterocycles. The summed E-state index contributed by atoms with van der Waals surface area (Å²) < 4.78 is 25.2. The zero-order valence-corrected chi connectivity index (χ0v) is 9.60. The molecule has 4 nitrogen and oxygen atoms in total.